The van der Waals surface area contributed by atoms with E-state index in [1.807, 2.05) is 65.7 Å². The number of carbonyl (C=O) groups is 2. The summed E-state index contributed by atoms with van der Waals surface area (Å²) in [5.41, 5.74) is 3.34. The minimum atomic E-state index is -0.0928. The molecule has 1 aliphatic rings. The highest BCUT2D eigenvalue weighted by Gasteiger charge is 2.19. The van der Waals surface area contributed by atoms with Crippen molar-refractivity contribution < 1.29 is 14.3 Å². The van der Waals surface area contributed by atoms with Crippen molar-refractivity contribution in [2.45, 2.75) is 32.7 Å². The number of amides is 2. The van der Waals surface area contributed by atoms with Crippen molar-refractivity contribution in [1.29, 1.82) is 0 Å². The van der Waals surface area contributed by atoms with E-state index in [4.69, 9.17) is 4.74 Å². The van der Waals surface area contributed by atoms with E-state index in [9.17, 15) is 9.59 Å². The van der Waals surface area contributed by atoms with Crippen molar-refractivity contribution in [3.8, 4) is 16.3 Å². The lowest BCUT2D eigenvalue weighted by molar-refractivity contribution is -0.120. The normalized spacial score (nSPS) is 13.2. The molecule has 2 aromatic carbocycles. The van der Waals surface area contributed by atoms with Gasteiger partial charge in [-0.1, -0.05) is 12.1 Å². The van der Waals surface area contributed by atoms with Crippen molar-refractivity contribution >= 4 is 23.2 Å². The second-order valence-corrected chi connectivity index (χ2v) is 8.61. The summed E-state index contributed by atoms with van der Waals surface area (Å²) in [5.74, 6) is 0.809. The van der Waals surface area contributed by atoms with Crippen LogP contribution in [-0.2, 0) is 17.8 Å². The lowest BCUT2D eigenvalue weighted by Crippen LogP contribution is -2.28. The van der Waals surface area contributed by atoms with Crippen LogP contribution in [0.2, 0.25) is 0 Å². The Labute approximate surface area is 192 Å². The molecule has 3 aromatic rings. The van der Waals surface area contributed by atoms with Crippen molar-refractivity contribution in [3.63, 3.8) is 0 Å². The summed E-state index contributed by atoms with van der Waals surface area (Å²) >= 11 is 1.52. The molecule has 2 heterocycles. The third kappa shape index (κ3) is 5.53. The van der Waals surface area contributed by atoms with E-state index < -0.39 is 0 Å². The highest BCUT2D eigenvalue weighted by molar-refractivity contribution is 7.13. The fraction of sp³-hybridized carbons (Fsp3) is 0.320. The summed E-state index contributed by atoms with van der Waals surface area (Å²) in [7, 11) is 0. The molecule has 1 aromatic heterocycles. The average molecular weight is 450 g/mol. The standard InChI is InChI=1S/C25H27N3O3S/c1-2-31-22-10-8-19(9-11-22)24-27-21(17-32-24)15-23(29)26-16-18-6-5-7-20(14-18)25(30)28-12-3-4-13-28/h5-11,14,17H,2-4,12-13,15-16H2,1H3,(H,26,29). The molecule has 1 saturated heterocycles. The molecule has 0 unspecified atom stereocenters. The molecule has 0 bridgehead atoms. The summed E-state index contributed by atoms with van der Waals surface area (Å²) in [6.45, 7) is 4.62. The number of benzene rings is 2. The summed E-state index contributed by atoms with van der Waals surface area (Å²) in [4.78, 5) is 31.5. The van der Waals surface area contributed by atoms with Crippen molar-refractivity contribution in [2.24, 2.45) is 0 Å². The van der Waals surface area contributed by atoms with Gasteiger partial charge in [0.25, 0.3) is 5.91 Å². The number of hydrogen-bond donors (Lipinski definition) is 1. The Kier molecular flexibility index (Phi) is 7.17. The number of nitrogens with zero attached hydrogens (tertiary/aromatic N) is 2. The van der Waals surface area contributed by atoms with Gasteiger partial charge in [-0.15, -0.1) is 11.3 Å². The van der Waals surface area contributed by atoms with Gasteiger partial charge in [0.1, 0.15) is 10.8 Å². The molecule has 0 aliphatic carbocycles. The third-order valence-electron chi connectivity index (χ3n) is 5.36. The predicted molar refractivity (Wildman–Crippen MR) is 126 cm³/mol. The molecule has 2 amide bonds. The van der Waals surface area contributed by atoms with Crippen molar-refractivity contribution in [1.82, 2.24) is 15.2 Å². The molecule has 4 rings (SSSR count). The lowest BCUT2D eigenvalue weighted by Gasteiger charge is -2.15. The Hall–Kier alpha value is -3.19. The van der Waals surface area contributed by atoms with Gasteiger partial charge in [0, 0.05) is 36.1 Å². The zero-order valence-electron chi connectivity index (χ0n) is 18.2. The van der Waals surface area contributed by atoms with Crippen LogP contribution in [0.5, 0.6) is 5.75 Å². The quantitative estimate of drug-likeness (QED) is 0.556. The Morgan fingerprint density at radius 1 is 1.12 bits per heavy atom. The molecule has 32 heavy (non-hydrogen) atoms. The SMILES string of the molecule is CCOc1ccc(-c2nc(CC(=O)NCc3cccc(C(=O)N4CCCC4)c3)cs2)cc1. The van der Waals surface area contributed by atoms with Gasteiger partial charge in [0.15, 0.2) is 0 Å². The van der Waals surface area contributed by atoms with Gasteiger partial charge in [-0.25, -0.2) is 4.98 Å². The number of thiazole rings is 1. The molecule has 1 fully saturated rings. The summed E-state index contributed by atoms with van der Waals surface area (Å²) in [6.07, 6.45) is 2.36. The number of ether oxygens (including phenoxy) is 1. The van der Waals surface area contributed by atoms with E-state index in [-0.39, 0.29) is 18.2 Å². The first-order chi connectivity index (χ1) is 15.6. The molecule has 0 radical (unpaired) electrons. The number of carbonyl (C=O) groups excluding carboxylic acids is 2. The van der Waals surface area contributed by atoms with Gasteiger partial charge in [0.05, 0.1) is 18.7 Å². The maximum Gasteiger partial charge on any atom is 0.253 e. The van der Waals surface area contributed by atoms with Crippen LogP contribution in [0.1, 0.15) is 41.4 Å². The van der Waals surface area contributed by atoms with Crippen LogP contribution < -0.4 is 10.1 Å². The van der Waals surface area contributed by atoms with Gasteiger partial charge >= 0.3 is 0 Å². The van der Waals surface area contributed by atoms with Crippen molar-refractivity contribution in [3.05, 3.63) is 70.7 Å². The largest absolute Gasteiger partial charge is 0.494 e. The van der Waals surface area contributed by atoms with E-state index in [1.165, 1.54) is 11.3 Å². The fourth-order valence-corrected chi connectivity index (χ4v) is 4.55. The molecule has 1 N–H and O–H groups in total. The second kappa shape index (κ2) is 10.4. The van der Waals surface area contributed by atoms with E-state index in [1.54, 1.807) is 0 Å². The molecule has 7 heteroatoms. The Morgan fingerprint density at radius 2 is 1.91 bits per heavy atom. The van der Waals surface area contributed by atoms with E-state index in [2.05, 4.69) is 10.3 Å². The predicted octanol–water partition coefficient (Wildman–Crippen LogP) is 4.30. The smallest absolute Gasteiger partial charge is 0.253 e. The van der Waals surface area contributed by atoms with Crippen LogP contribution in [0.4, 0.5) is 0 Å². The molecule has 166 valence electrons. The van der Waals surface area contributed by atoms with E-state index in [0.717, 1.165) is 53.5 Å². The summed E-state index contributed by atoms with van der Waals surface area (Å²) < 4.78 is 5.47. The van der Waals surface area contributed by atoms with Gasteiger partial charge < -0.3 is 15.0 Å². The second-order valence-electron chi connectivity index (χ2n) is 7.75. The molecule has 0 atom stereocenters. The molecule has 1 aliphatic heterocycles. The maximum atomic E-state index is 12.6. The van der Waals surface area contributed by atoms with Crippen LogP contribution in [0, 0.1) is 0 Å². The first kappa shape index (κ1) is 22.0. The van der Waals surface area contributed by atoms with Crippen LogP contribution in [-0.4, -0.2) is 41.4 Å². The Morgan fingerprint density at radius 3 is 2.66 bits per heavy atom. The van der Waals surface area contributed by atoms with Crippen molar-refractivity contribution in [2.75, 3.05) is 19.7 Å². The minimum Gasteiger partial charge on any atom is -0.494 e. The Balaban J connectivity index is 1.31. The van der Waals surface area contributed by atoms with Crippen LogP contribution in [0.25, 0.3) is 10.6 Å². The van der Waals surface area contributed by atoms with E-state index in [0.29, 0.717) is 18.7 Å². The third-order valence-corrected chi connectivity index (χ3v) is 6.30. The van der Waals surface area contributed by atoms with Crippen LogP contribution in [0.3, 0.4) is 0 Å². The topological polar surface area (TPSA) is 71.5 Å². The average Bonchev–Trinajstić information content (AvgIpc) is 3.51. The van der Waals surface area contributed by atoms with Crippen LogP contribution >= 0.6 is 11.3 Å². The first-order valence-corrected chi connectivity index (χ1v) is 11.8. The van der Waals surface area contributed by atoms with Gasteiger partial charge in [0.2, 0.25) is 5.91 Å². The first-order valence-electron chi connectivity index (χ1n) is 10.9. The zero-order chi connectivity index (χ0) is 22.3. The number of aromatic nitrogens is 1. The highest BCUT2D eigenvalue weighted by atomic mass is 32.1. The van der Waals surface area contributed by atoms with Gasteiger partial charge in [-0.3, -0.25) is 9.59 Å². The highest BCUT2D eigenvalue weighted by Crippen LogP contribution is 2.26. The minimum absolute atomic E-state index is 0.0694. The Bertz CT molecular complexity index is 1070. The maximum absolute atomic E-state index is 12.6. The number of hydrogen-bond acceptors (Lipinski definition) is 5. The molecule has 0 saturated carbocycles. The molecule has 0 spiro atoms. The number of likely N-dealkylation sites (tertiary alicyclic amines) is 1. The summed E-state index contributed by atoms with van der Waals surface area (Å²) in [6, 6.07) is 15.3. The molecular weight excluding hydrogens is 422 g/mol. The molecule has 6 nitrogen and oxygen atoms in total. The van der Waals surface area contributed by atoms with Gasteiger partial charge in [-0.2, -0.15) is 0 Å². The molecular formula is C25H27N3O3S. The number of nitrogens with one attached hydrogen (secondary N) is 1. The number of rotatable bonds is 8. The zero-order valence-corrected chi connectivity index (χ0v) is 19.0. The van der Waals surface area contributed by atoms with E-state index >= 15 is 0 Å². The van der Waals surface area contributed by atoms with Crippen LogP contribution in [0.15, 0.2) is 53.9 Å². The fourth-order valence-electron chi connectivity index (χ4n) is 3.73. The van der Waals surface area contributed by atoms with Gasteiger partial charge in [-0.05, 0) is 61.7 Å². The monoisotopic (exact) mass is 449 g/mol. The lowest BCUT2D eigenvalue weighted by atomic mass is 10.1. The summed E-state index contributed by atoms with van der Waals surface area (Å²) in [5, 5.41) is 5.73.